The lowest BCUT2D eigenvalue weighted by molar-refractivity contribution is -0.436. The van der Waals surface area contributed by atoms with E-state index in [0.29, 0.717) is 24.1 Å². The zero-order valence-corrected chi connectivity index (χ0v) is 16.4. The SMILES string of the molecule is CCC1(CC)CCC(C)(c2ccc(OC(C(F)(F)F)(C(F)(F)F)C(F)(F)F)cc2)N1. The second kappa shape index (κ2) is 7.49. The van der Waals surface area contributed by atoms with Gasteiger partial charge in [0.05, 0.1) is 0 Å². The summed E-state index contributed by atoms with van der Waals surface area (Å²) in [6, 6.07) is 3.74. The second-order valence-electron chi connectivity index (χ2n) is 7.75. The molecule has 30 heavy (non-hydrogen) atoms. The molecule has 1 heterocycles. The van der Waals surface area contributed by atoms with Crippen molar-refractivity contribution in [1.29, 1.82) is 0 Å². The van der Waals surface area contributed by atoms with E-state index in [0.717, 1.165) is 19.3 Å². The first-order valence-corrected chi connectivity index (χ1v) is 9.26. The summed E-state index contributed by atoms with van der Waals surface area (Å²) < 4.78 is 121. The van der Waals surface area contributed by atoms with E-state index < -0.39 is 35.4 Å². The second-order valence-corrected chi connectivity index (χ2v) is 7.75. The largest absolute Gasteiger partial charge is 0.462 e. The van der Waals surface area contributed by atoms with Crippen molar-refractivity contribution >= 4 is 0 Å². The molecule has 0 bridgehead atoms. The molecule has 172 valence electrons. The molecule has 0 amide bonds. The van der Waals surface area contributed by atoms with Crippen LogP contribution in [0.1, 0.15) is 52.0 Å². The molecule has 1 aromatic carbocycles. The van der Waals surface area contributed by atoms with Crippen molar-refractivity contribution in [1.82, 2.24) is 5.32 Å². The van der Waals surface area contributed by atoms with E-state index in [9.17, 15) is 39.5 Å². The topological polar surface area (TPSA) is 21.3 Å². The number of ether oxygens (including phenoxy) is 1. The van der Waals surface area contributed by atoms with Crippen LogP contribution in [-0.4, -0.2) is 29.7 Å². The molecule has 1 saturated heterocycles. The molecule has 1 unspecified atom stereocenters. The molecule has 2 rings (SSSR count). The molecule has 11 heteroatoms. The summed E-state index contributed by atoms with van der Waals surface area (Å²) in [5.74, 6) is -1.19. The standard InChI is InChI=1S/C19H22F9NO/c1-4-15(5-2)11-10-14(3,29-15)12-6-8-13(9-7-12)30-16(17(20,21)22,18(23,24)25)19(26,27)28/h6-9,29H,4-5,10-11H2,1-3H3. The summed E-state index contributed by atoms with van der Waals surface area (Å²) in [6.07, 6.45) is -17.3. The highest BCUT2D eigenvalue weighted by Crippen LogP contribution is 2.55. The van der Waals surface area contributed by atoms with Gasteiger partial charge < -0.3 is 10.1 Å². The van der Waals surface area contributed by atoms with Gasteiger partial charge in [-0.05, 0) is 50.3 Å². The quantitative estimate of drug-likeness (QED) is 0.507. The molecule has 0 radical (unpaired) electrons. The monoisotopic (exact) mass is 451 g/mol. The summed E-state index contributed by atoms with van der Waals surface area (Å²) in [5, 5.41) is 3.46. The summed E-state index contributed by atoms with van der Waals surface area (Å²) in [7, 11) is 0. The highest BCUT2D eigenvalue weighted by atomic mass is 19.4. The Morgan fingerprint density at radius 3 is 1.57 bits per heavy atom. The molecule has 1 aliphatic heterocycles. The van der Waals surface area contributed by atoms with Crippen molar-refractivity contribution in [3.05, 3.63) is 29.8 Å². The van der Waals surface area contributed by atoms with Crippen molar-refractivity contribution in [3.63, 3.8) is 0 Å². The molecule has 0 spiro atoms. The predicted octanol–water partition coefficient (Wildman–Crippen LogP) is 6.65. The Kier molecular flexibility index (Phi) is 6.15. The summed E-state index contributed by atoms with van der Waals surface area (Å²) in [6.45, 7) is 5.80. The minimum atomic E-state index is -6.77. The number of alkyl halides is 9. The zero-order chi connectivity index (χ0) is 23.2. The minimum absolute atomic E-state index is 0.165. The van der Waals surface area contributed by atoms with Gasteiger partial charge in [-0.3, -0.25) is 0 Å². The third kappa shape index (κ3) is 3.97. The Bertz CT molecular complexity index is 696. The number of rotatable bonds is 5. The molecular weight excluding hydrogens is 429 g/mol. The van der Waals surface area contributed by atoms with Gasteiger partial charge in [0.15, 0.2) is 0 Å². The summed E-state index contributed by atoms with van der Waals surface area (Å²) in [4.78, 5) is 0. The van der Waals surface area contributed by atoms with Gasteiger partial charge in [0.2, 0.25) is 0 Å². The number of hydrogen-bond acceptors (Lipinski definition) is 2. The van der Waals surface area contributed by atoms with Gasteiger partial charge in [-0.2, -0.15) is 39.5 Å². The minimum Gasteiger partial charge on any atom is -0.462 e. The van der Waals surface area contributed by atoms with Crippen LogP contribution < -0.4 is 10.1 Å². The van der Waals surface area contributed by atoms with Crippen LogP contribution in [0.15, 0.2) is 24.3 Å². The van der Waals surface area contributed by atoms with Gasteiger partial charge in [-0.1, -0.05) is 26.0 Å². The Morgan fingerprint density at radius 1 is 0.800 bits per heavy atom. The van der Waals surface area contributed by atoms with Gasteiger partial charge in [0.25, 0.3) is 0 Å². The highest BCUT2D eigenvalue weighted by Gasteiger charge is 2.87. The van der Waals surface area contributed by atoms with E-state index in [4.69, 9.17) is 0 Å². The Morgan fingerprint density at radius 2 is 1.23 bits per heavy atom. The van der Waals surface area contributed by atoms with Crippen molar-refractivity contribution in [2.24, 2.45) is 0 Å². The molecular formula is C19H22F9NO. The van der Waals surface area contributed by atoms with Crippen molar-refractivity contribution < 1.29 is 44.3 Å². The third-order valence-electron chi connectivity index (χ3n) is 5.96. The molecule has 1 atom stereocenters. The lowest BCUT2D eigenvalue weighted by Crippen LogP contribution is -2.69. The van der Waals surface area contributed by atoms with E-state index in [1.54, 1.807) is 0 Å². The van der Waals surface area contributed by atoms with Crippen LogP contribution in [0.3, 0.4) is 0 Å². The predicted molar refractivity (Wildman–Crippen MR) is 91.0 cm³/mol. The van der Waals surface area contributed by atoms with E-state index in [-0.39, 0.29) is 5.54 Å². The Hall–Kier alpha value is -1.65. The van der Waals surface area contributed by atoms with Crippen molar-refractivity contribution in [3.8, 4) is 5.75 Å². The van der Waals surface area contributed by atoms with Crippen LogP contribution in [0.25, 0.3) is 0 Å². The van der Waals surface area contributed by atoms with E-state index in [2.05, 4.69) is 10.1 Å². The maximum absolute atomic E-state index is 13.0. The van der Waals surface area contributed by atoms with Crippen LogP contribution in [-0.2, 0) is 5.54 Å². The smallest absolute Gasteiger partial charge is 0.447 e. The molecule has 1 aromatic rings. The molecule has 2 nitrogen and oxygen atoms in total. The fourth-order valence-corrected chi connectivity index (χ4v) is 3.92. The fourth-order valence-electron chi connectivity index (χ4n) is 3.92. The molecule has 0 aromatic heterocycles. The molecule has 1 N–H and O–H groups in total. The van der Waals surface area contributed by atoms with Gasteiger partial charge >= 0.3 is 24.1 Å². The van der Waals surface area contributed by atoms with Gasteiger partial charge in [-0.25, -0.2) is 0 Å². The fraction of sp³-hybridized carbons (Fsp3) is 0.684. The van der Waals surface area contributed by atoms with Crippen LogP contribution in [0, 0.1) is 0 Å². The zero-order valence-electron chi connectivity index (χ0n) is 16.4. The maximum atomic E-state index is 13.0. The molecule has 0 aliphatic carbocycles. The average molecular weight is 451 g/mol. The van der Waals surface area contributed by atoms with Gasteiger partial charge in [0.1, 0.15) is 5.75 Å². The molecule has 0 saturated carbocycles. The molecule has 1 aliphatic rings. The number of hydrogen-bond donors (Lipinski definition) is 1. The first-order chi connectivity index (χ1) is 13.5. The molecule has 1 fully saturated rings. The number of halogens is 9. The number of nitrogens with one attached hydrogen (secondary N) is 1. The van der Waals surface area contributed by atoms with E-state index in [1.807, 2.05) is 20.8 Å². The van der Waals surface area contributed by atoms with Crippen LogP contribution in [0.5, 0.6) is 5.75 Å². The van der Waals surface area contributed by atoms with Crippen LogP contribution >= 0.6 is 0 Å². The lowest BCUT2D eigenvalue weighted by Gasteiger charge is -2.38. The summed E-state index contributed by atoms with van der Waals surface area (Å²) >= 11 is 0. The van der Waals surface area contributed by atoms with Crippen LogP contribution in [0.4, 0.5) is 39.5 Å². The van der Waals surface area contributed by atoms with Crippen molar-refractivity contribution in [2.75, 3.05) is 0 Å². The van der Waals surface area contributed by atoms with Gasteiger partial charge in [-0.15, -0.1) is 0 Å². The maximum Gasteiger partial charge on any atom is 0.447 e. The highest BCUT2D eigenvalue weighted by molar-refractivity contribution is 5.34. The van der Waals surface area contributed by atoms with Gasteiger partial charge in [0, 0.05) is 11.1 Å². The first kappa shape index (κ1) is 24.6. The van der Waals surface area contributed by atoms with Crippen LogP contribution in [0.2, 0.25) is 0 Å². The number of benzene rings is 1. The van der Waals surface area contributed by atoms with E-state index >= 15 is 0 Å². The Balaban J connectivity index is 2.40. The lowest BCUT2D eigenvalue weighted by atomic mass is 9.89. The third-order valence-corrected chi connectivity index (χ3v) is 5.96. The average Bonchev–Trinajstić information content (AvgIpc) is 2.96. The van der Waals surface area contributed by atoms with Crippen molar-refractivity contribution in [2.45, 2.75) is 81.7 Å². The summed E-state index contributed by atoms with van der Waals surface area (Å²) in [5.41, 5.74) is -6.60. The Labute approximate surface area is 167 Å². The normalized spacial score (nSPS) is 22.9. The first-order valence-electron chi connectivity index (χ1n) is 9.26. The van der Waals surface area contributed by atoms with E-state index in [1.165, 1.54) is 12.1 Å².